The van der Waals surface area contributed by atoms with E-state index in [4.69, 9.17) is 23.8 Å². The van der Waals surface area contributed by atoms with Crippen molar-refractivity contribution < 1.29 is 23.8 Å². The van der Waals surface area contributed by atoms with Crippen LogP contribution in [-0.4, -0.2) is 39.3 Å². The Balaban J connectivity index is 1.44. The lowest BCUT2D eigenvalue weighted by molar-refractivity contribution is 0.0393. The van der Waals surface area contributed by atoms with Crippen molar-refractivity contribution in [3.8, 4) is 34.1 Å². The number of methoxy groups -OCH3 is 4. The molecular formula is C54H55N3O5. The van der Waals surface area contributed by atoms with E-state index < -0.39 is 0 Å². The van der Waals surface area contributed by atoms with Crippen LogP contribution in [-0.2, 0) is 0 Å². The Morgan fingerprint density at radius 1 is 0.468 bits per heavy atom. The fourth-order valence-corrected chi connectivity index (χ4v) is 8.32. The summed E-state index contributed by atoms with van der Waals surface area (Å²) in [5.41, 5.74) is 10.1. The van der Waals surface area contributed by atoms with Crippen molar-refractivity contribution in [2.45, 2.75) is 52.1 Å². The molecule has 0 N–H and O–H groups in total. The molecule has 0 spiro atoms. The van der Waals surface area contributed by atoms with Crippen LogP contribution in [0.1, 0.15) is 46.0 Å². The molecule has 1 unspecified atom stereocenters. The molecule has 8 aromatic rings. The van der Waals surface area contributed by atoms with Gasteiger partial charge >= 0.3 is 0 Å². The van der Waals surface area contributed by atoms with Crippen LogP contribution in [0.15, 0.2) is 158 Å². The van der Waals surface area contributed by atoms with E-state index >= 15 is 0 Å². The smallest absolute Gasteiger partial charge is 0.125 e. The van der Waals surface area contributed by atoms with Gasteiger partial charge in [0, 0.05) is 44.8 Å². The molecule has 0 fully saturated rings. The molecule has 1 heterocycles. The molecule has 8 heteroatoms. The predicted molar refractivity (Wildman–Crippen MR) is 255 cm³/mol. The second-order valence-electron chi connectivity index (χ2n) is 15.3. The highest BCUT2D eigenvalue weighted by Gasteiger charge is 2.26. The number of benzene rings is 7. The highest BCUT2D eigenvalue weighted by molar-refractivity contribution is 6.16. The number of unbranched alkanes of at least 4 members (excludes halogenated alkanes) is 1. The fraction of sp³-hybridized carbons (Fsp3) is 0.222. The molecule has 7 aromatic carbocycles. The minimum atomic E-state index is 0.00763. The van der Waals surface area contributed by atoms with Crippen LogP contribution in [0.5, 0.6) is 23.0 Å². The monoisotopic (exact) mass is 825 g/mol. The molecule has 1 aromatic heterocycles. The van der Waals surface area contributed by atoms with Gasteiger partial charge < -0.3 is 33.6 Å². The Labute approximate surface area is 365 Å². The maximum absolute atomic E-state index is 7.41. The van der Waals surface area contributed by atoms with Crippen molar-refractivity contribution in [2.24, 2.45) is 0 Å². The first kappa shape index (κ1) is 41.7. The summed E-state index contributed by atoms with van der Waals surface area (Å²) >= 11 is 0. The zero-order chi connectivity index (χ0) is 43.0. The maximum Gasteiger partial charge on any atom is 0.125 e. The zero-order valence-electron chi connectivity index (χ0n) is 36.5. The van der Waals surface area contributed by atoms with Gasteiger partial charge in [-0.1, -0.05) is 57.0 Å². The first-order valence-corrected chi connectivity index (χ1v) is 21.5. The number of fused-ring (bicyclic) bond motifs is 3. The van der Waals surface area contributed by atoms with Gasteiger partial charge in [-0.2, -0.15) is 4.73 Å². The molecule has 0 bridgehead atoms. The van der Waals surface area contributed by atoms with Gasteiger partial charge in [0.05, 0.1) is 45.2 Å². The molecule has 0 aliphatic rings. The maximum atomic E-state index is 7.41. The Hall–Kier alpha value is -7.06. The number of ether oxygens (including phenoxy) is 4. The van der Waals surface area contributed by atoms with Crippen molar-refractivity contribution in [1.82, 2.24) is 4.73 Å². The Bertz CT molecular complexity index is 2600. The molecule has 0 radical (unpaired) electrons. The molecule has 316 valence electrons. The number of rotatable bonds is 18. The third-order valence-electron chi connectivity index (χ3n) is 11.5. The van der Waals surface area contributed by atoms with Gasteiger partial charge in [-0.05, 0) is 152 Å². The van der Waals surface area contributed by atoms with Crippen LogP contribution in [0, 0.1) is 0 Å². The normalized spacial score (nSPS) is 11.6. The van der Waals surface area contributed by atoms with Crippen LogP contribution in [0.4, 0.5) is 34.1 Å². The predicted octanol–water partition coefficient (Wildman–Crippen LogP) is 14.2. The summed E-state index contributed by atoms with van der Waals surface area (Å²) in [6, 6.07) is 54.7. The summed E-state index contributed by atoms with van der Waals surface area (Å²) in [4.78, 5) is 12.0. The molecule has 0 saturated carbocycles. The van der Waals surface area contributed by atoms with Gasteiger partial charge in [0.25, 0.3) is 0 Å². The van der Waals surface area contributed by atoms with E-state index in [0.29, 0.717) is 0 Å². The quantitative estimate of drug-likeness (QED) is 0.0854. The summed E-state index contributed by atoms with van der Waals surface area (Å²) in [5.74, 6) is 3.17. The average molecular weight is 826 g/mol. The van der Waals surface area contributed by atoms with Crippen LogP contribution >= 0.6 is 0 Å². The summed E-state index contributed by atoms with van der Waals surface area (Å²) in [6.45, 7) is 4.48. The summed E-state index contributed by atoms with van der Waals surface area (Å²) in [7, 11) is 6.78. The van der Waals surface area contributed by atoms with Crippen molar-refractivity contribution in [1.29, 1.82) is 0 Å². The highest BCUT2D eigenvalue weighted by atomic mass is 16.7. The third-order valence-corrected chi connectivity index (χ3v) is 11.5. The van der Waals surface area contributed by atoms with E-state index in [0.717, 1.165) is 122 Å². The van der Waals surface area contributed by atoms with Gasteiger partial charge in [-0.25, -0.2) is 0 Å². The second-order valence-corrected chi connectivity index (χ2v) is 15.3. The van der Waals surface area contributed by atoms with Gasteiger partial charge in [0.15, 0.2) is 0 Å². The lowest BCUT2D eigenvalue weighted by atomic mass is 9.98. The van der Waals surface area contributed by atoms with E-state index in [2.05, 4.69) is 138 Å². The van der Waals surface area contributed by atoms with Crippen molar-refractivity contribution in [3.05, 3.63) is 158 Å². The minimum Gasteiger partial charge on any atom is -0.497 e. The topological polar surface area (TPSA) is 57.6 Å². The Morgan fingerprint density at radius 3 is 1.40 bits per heavy atom. The van der Waals surface area contributed by atoms with Crippen molar-refractivity contribution in [3.63, 3.8) is 0 Å². The molecule has 1 atom stereocenters. The lowest BCUT2D eigenvalue weighted by Crippen LogP contribution is -2.25. The standard InChI is InChI=1S/C54H55N3O5/c1-7-9-16-48(13-8-2)62-57-52-37-43(55(39-17-26-44(58-3)27-18-39)40-19-28-45(59-4)29-20-40)25-34-49(52)50-35-36-51(53(54(50)57)38-14-11-10-12-15-38)56(41-21-30-46(60-5)31-22-41)42-23-32-47(61-6)33-24-42/h10-12,14-15,17-37,48H,7-9,13,16H2,1-6H3. The molecule has 8 nitrogen and oxygen atoms in total. The first-order chi connectivity index (χ1) is 30.5. The van der Waals surface area contributed by atoms with Gasteiger partial charge in [0.1, 0.15) is 29.1 Å². The number of nitrogens with zero attached hydrogens (tertiary/aromatic N) is 3. The molecule has 0 aliphatic carbocycles. The second kappa shape index (κ2) is 19.1. The van der Waals surface area contributed by atoms with E-state index in [1.54, 1.807) is 28.4 Å². The number of hydrogen-bond donors (Lipinski definition) is 0. The Kier molecular flexibility index (Phi) is 12.8. The van der Waals surface area contributed by atoms with Crippen molar-refractivity contribution in [2.75, 3.05) is 38.2 Å². The lowest BCUT2D eigenvalue weighted by Gasteiger charge is -2.29. The van der Waals surface area contributed by atoms with Gasteiger partial charge in [-0.15, -0.1) is 0 Å². The van der Waals surface area contributed by atoms with Gasteiger partial charge in [0.2, 0.25) is 0 Å². The molecule has 62 heavy (non-hydrogen) atoms. The largest absolute Gasteiger partial charge is 0.497 e. The minimum absolute atomic E-state index is 0.00763. The number of hydrogen-bond acceptors (Lipinski definition) is 7. The number of aromatic nitrogens is 1. The van der Waals surface area contributed by atoms with Crippen LogP contribution < -0.4 is 33.6 Å². The highest BCUT2D eigenvalue weighted by Crippen LogP contribution is 2.48. The van der Waals surface area contributed by atoms with Crippen molar-refractivity contribution >= 4 is 55.9 Å². The zero-order valence-corrected chi connectivity index (χ0v) is 36.5. The fourth-order valence-electron chi connectivity index (χ4n) is 8.32. The Morgan fingerprint density at radius 2 is 0.935 bits per heavy atom. The summed E-state index contributed by atoms with van der Waals surface area (Å²) in [5, 5.41) is 2.20. The van der Waals surface area contributed by atoms with Crippen LogP contribution in [0.25, 0.3) is 32.9 Å². The average Bonchev–Trinajstić information content (AvgIpc) is 3.64. The SMILES string of the molecule is CCCCC(CCC)On1c2cc(N(c3ccc(OC)cc3)c3ccc(OC)cc3)ccc2c2ccc(N(c3ccc(OC)cc3)c3ccc(OC)cc3)c(-c3ccccc3)c21. The van der Waals surface area contributed by atoms with Gasteiger partial charge in [-0.3, -0.25) is 0 Å². The van der Waals surface area contributed by atoms with E-state index in [9.17, 15) is 0 Å². The van der Waals surface area contributed by atoms with E-state index in [1.807, 2.05) is 48.5 Å². The van der Waals surface area contributed by atoms with Crippen LogP contribution in [0.3, 0.4) is 0 Å². The molecular weight excluding hydrogens is 771 g/mol. The van der Waals surface area contributed by atoms with E-state index in [-0.39, 0.29) is 6.10 Å². The number of anilines is 6. The first-order valence-electron chi connectivity index (χ1n) is 21.5. The molecule has 8 rings (SSSR count). The molecule has 0 amide bonds. The van der Waals surface area contributed by atoms with E-state index in [1.165, 1.54) is 0 Å². The third kappa shape index (κ3) is 8.46. The molecule has 0 aliphatic heterocycles. The van der Waals surface area contributed by atoms with Crippen LogP contribution in [0.2, 0.25) is 0 Å². The summed E-state index contributed by atoms with van der Waals surface area (Å²) < 4.78 is 24.5. The molecule has 0 saturated heterocycles. The summed E-state index contributed by atoms with van der Waals surface area (Å²) in [6.07, 6.45) is 5.09.